The van der Waals surface area contributed by atoms with E-state index in [0.717, 1.165) is 6.54 Å². The molecule has 0 aromatic heterocycles. The molecular weight excluding hydrogens is 112 g/mol. The number of allylic oxidation sites excluding steroid dienone is 3. The maximum absolute atomic E-state index is 3.05. The van der Waals surface area contributed by atoms with Gasteiger partial charge in [-0.05, 0) is 19.9 Å². The normalized spacial score (nSPS) is 17.1. The van der Waals surface area contributed by atoms with Gasteiger partial charge >= 0.3 is 0 Å². The molecule has 0 amide bonds. The minimum atomic E-state index is 0.987. The summed E-state index contributed by atoms with van der Waals surface area (Å²) in [6, 6.07) is 0. The highest BCUT2D eigenvalue weighted by molar-refractivity contribution is 5.07. The Hall–Kier alpha value is -0.920. The van der Waals surface area contributed by atoms with E-state index in [1.807, 2.05) is 6.08 Å². The number of nitrogens with zero attached hydrogens (tertiary/aromatic N) is 1. The second-order valence-electron chi connectivity index (χ2n) is 1.97. The minimum Gasteiger partial charge on any atom is -0.305 e. The lowest BCUT2D eigenvalue weighted by atomic mass is 10.4. The molecule has 49 valence electrons. The fourth-order valence-electron chi connectivity index (χ4n) is 0.798. The van der Waals surface area contributed by atoms with Gasteiger partial charge in [0.05, 0.1) is 0 Å². The summed E-state index contributed by atoms with van der Waals surface area (Å²) in [6.45, 7) is 5.14. The molecule has 0 spiro atoms. The lowest BCUT2D eigenvalue weighted by molar-refractivity contribution is 0.298. The SMILES string of the molecule is CCN1NC=[C]C=C1C. The first-order valence-corrected chi connectivity index (χ1v) is 3.13. The molecule has 1 aliphatic rings. The Balaban J connectivity index is 2.59. The molecule has 0 saturated heterocycles. The number of rotatable bonds is 1. The Morgan fingerprint density at radius 3 is 3.00 bits per heavy atom. The topological polar surface area (TPSA) is 15.3 Å². The first-order valence-electron chi connectivity index (χ1n) is 3.13. The van der Waals surface area contributed by atoms with Gasteiger partial charge in [0.15, 0.2) is 0 Å². The summed E-state index contributed by atoms with van der Waals surface area (Å²) >= 11 is 0. The Bertz CT molecular complexity index is 147. The van der Waals surface area contributed by atoms with Crippen LogP contribution in [-0.2, 0) is 0 Å². The summed E-state index contributed by atoms with van der Waals surface area (Å²) in [7, 11) is 0. The van der Waals surface area contributed by atoms with E-state index in [1.54, 1.807) is 6.20 Å². The smallest absolute Gasteiger partial charge is 0.0361 e. The van der Waals surface area contributed by atoms with Crippen molar-refractivity contribution in [3.63, 3.8) is 0 Å². The van der Waals surface area contributed by atoms with Crippen LogP contribution in [0, 0.1) is 6.08 Å². The molecule has 0 unspecified atom stereocenters. The third-order valence-corrected chi connectivity index (χ3v) is 1.34. The van der Waals surface area contributed by atoms with Crippen LogP contribution in [0.15, 0.2) is 18.0 Å². The maximum atomic E-state index is 3.05. The summed E-state index contributed by atoms with van der Waals surface area (Å²) in [5, 5.41) is 2.05. The van der Waals surface area contributed by atoms with E-state index in [0.29, 0.717) is 0 Å². The zero-order valence-electron chi connectivity index (χ0n) is 5.81. The predicted octanol–water partition coefficient (Wildman–Crippen LogP) is 1.05. The van der Waals surface area contributed by atoms with Gasteiger partial charge in [-0.15, -0.1) is 0 Å². The van der Waals surface area contributed by atoms with Crippen LogP contribution in [-0.4, -0.2) is 11.6 Å². The van der Waals surface area contributed by atoms with E-state index in [2.05, 4.69) is 30.4 Å². The highest BCUT2D eigenvalue weighted by Gasteiger charge is 2.00. The standard InChI is InChI=1S/C7H11N2/c1-3-9-7(2)5-4-6-8-9/h5-6,8H,3H2,1-2H3. The average Bonchev–Trinajstić information content (AvgIpc) is 1.89. The molecule has 1 aliphatic heterocycles. The molecule has 1 rings (SSSR count). The molecule has 2 heteroatoms. The fraction of sp³-hybridized carbons (Fsp3) is 0.429. The summed E-state index contributed by atoms with van der Waals surface area (Å²) < 4.78 is 0. The van der Waals surface area contributed by atoms with Gasteiger partial charge in [0, 0.05) is 24.5 Å². The van der Waals surface area contributed by atoms with E-state index >= 15 is 0 Å². The molecule has 0 aromatic carbocycles. The van der Waals surface area contributed by atoms with Crippen LogP contribution in [0.4, 0.5) is 0 Å². The molecule has 1 heterocycles. The Morgan fingerprint density at radius 1 is 1.78 bits per heavy atom. The highest BCUT2D eigenvalue weighted by Crippen LogP contribution is 2.01. The fourth-order valence-corrected chi connectivity index (χ4v) is 0.798. The third kappa shape index (κ3) is 1.25. The Morgan fingerprint density at radius 2 is 2.56 bits per heavy atom. The van der Waals surface area contributed by atoms with Crippen molar-refractivity contribution in [3.8, 4) is 0 Å². The van der Waals surface area contributed by atoms with Gasteiger partial charge in [0.2, 0.25) is 0 Å². The largest absolute Gasteiger partial charge is 0.305 e. The van der Waals surface area contributed by atoms with Gasteiger partial charge in [-0.3, -0.25) is 5.01 Å². The molecule has 0 atom stereocenters. The van der Waals surface area contributed by atoms with E-state index in [4.69, 9.17) is 0 Å². The summed E-state index contributed by atoms with van der Waals surface area (Å²) in [5.74, 6) is 0. The van der Waals surface area contributed by atoms with Gasteiger partial charge in [-0.1, -0.05) is 0 Å². The predicted molar refractivity (Wildman–Crippen MR) is 37.1 cm³/mol. The number of nitrogens with one attached hydrogen (secondary N) is 1. The molecule has 9 heavy (non-hydrogen) atoms. The van der Waals surface area contributed by atoms with Crippen molar-refractivity contribution in [1.82, 2.24) is 10.4 Å². The van der Waals surface area contributed by atoms with Crippen LogP contribution in [0.2, 0.25) is 0 Å². The zero-order chi connectivity index (χ0) is 6.69. The van der Waals surface area contributed by atoms with E-state index in [1.165, 1.54) is 5.70 Å². The highest BCUT2D eigenvalue weighted by atomic mass is 15.5. The van der Waals surface area contributed by atoms with Crippen LogP contribution < -0.4 is 5.43 Å². The lowest BCUT2D eigenvalue weighted by Crippen LogP contribution is -2.33. The van der Waals surface area contributed by atoms with Crippen molar-refractivity contribution in [2.75, 3.05) is 6.54 Å². The quantitative estimate of drug-likeness (QED) is 0.560. The van der Waals surface area contributed by atoms with Crippen molar-refractivity contribution >= 4 is 0 Å². The maximum Gasteiger partial charge on any atom is 0.0361 e. The molecule has 1 radical (unpaired) electrons. The molecule has 0 fully saturated rings. The van der Waals surface area contributed by atoms with E-state index < -0.39 is 0 Å². The van der Waals surface area contributed by atoms with Crippen LogP contribution in [0.3, 0.4) is 0 Å². The van der Waals surface area contributed by atoms with Crippen LogP contribution in [0.1, 0.15) is 13.8 Å². The van der Waals surface area contributed by atoms with Crippen molar-refractivity contribution in [2.45, 2.75) is 13.8 Å². The molecule has 0 aliphatic carbocycles. The third-order valence-electron chi connectivity index (χ3n) is 1.34. The van der Waals surface area contributed by atoms with Gasteiger partial charge in [0.25, 0.3) is 0 Å². The Kier molecular flexibility index (Phi) is 1.78. The van der Waals surface area contributed by atoms with Gasteiger partial charge in [-0.25, -0.2) is 0 Å². The van der Waals surface area contributed by atoms with Gasteiger partial charge < -0.3 is 5.43 Å². The second kappa shape index (κ2) is 2.58. The lowest BCUT2D eigenvalue weighted by Gasteiger charge is -2.24. The first kappa shape index (κ1) is 6.20. The second-order valence-corrected chi connectivity index (χ2v) is 1.97. The van der Waals surface area contributed by atoms with Crippen molar-refractivity contribution < 1.29 is 0 Å². The number of hydrazine groups is 1. The molecule has 0 saturated carbocycles. The minimum absolute atomic E-state index is 0.987. The average molecular weight is 123 g/mol. The zero-order valence-corrected chi connectivity index (χ0v) is 5.81. The van der Waals surface area contributed by atoms with Gasteiger partial charge in [0.1, 0.15) is 0 Å². The number of hydrogen-bond acceptors (Lipinski definition) is 2. The van der Waals surface area contributed by atoms with Crippen LogP contribution >= 0.6 is 0 Å². The molecule has 1 N–H and O–H groups in total. The monoisotopic (exact) mass is 123 g/mol. The Labute approximate surface area is 55.8 Å². The summed E-state index contributed by atoms with van der Waals surface area (Å²) in [6.07, 6.45) is 6.72. The van der Waals surface area contributed by atoms with E-state index in [9.17, 15) is 0 Å². The summed E-state index contributed by atoms with van der Waals surface area (Å²) in [5.41, 5.74) is 4.26. The molecule has 0 aromatic rings. The van der Waals surface area contributed by atoms with Crippen molar-refractivity contribution in [3.05, 3.63) is 24.0 Å². The molecule has 0 bridgehead atoms. The van der Waals surface area contributed by atoms with Crippen molar-refractivity contribution in [1.29, 1.82) is 0 Å². The van der Waals surface area contributed by atoms with Crippen molar-refractivity contribution in [2.24, 2.45) is 0 Å². The first-order chi connectivity index (χ1) is 4.34. The van der Waals surface area contributed by atoms with Crippen LogP contribution in [0.25, 0.3) is 0 Å². The molecule has 2 nitrogen and oxygen atoms in total. The van der Waals surface area contributed by atoms with Gasteiger partial charge in [-0.2, -0.15) is 0 Å². The number of hydrogen-bond donors (Lipinski definition) is 1. The summed E-state index contributed by atoms with van der Waals surface area (Å²) in [4.78, 5) is 0. The molecular formula is C7H11N2. The van der Waals surface area contributed by atoms with E-state index in [-0.39, 0.29) is 0 Å². The van der Waals surface area contributed by atoms with Crippen LogP contribution in [0.5, 0.6) is 0 Å².